The molecule has 10 heteroatoms. The molecule has 7 nitrogen and oxygen atoms in total. The van der Waals surface area contributed by atoms with Gasteiger partial charge in [0.1, 0.15) is 33.3 Å². The Morgan fingerprint density at radius 1 is 0.971 bits per heavy atom. The molecular weight excluding hydrogens is 477 g/mol. The van der Waals surface area contributed by atoms with Crippen LogP contribution in [0.1, 0.15) is 22.5 Å². The molecule has 34 heavy (non-hydrogen) atoms. The van der Waals surface area contributed by atoms with E-state index in [-0.39, 0.29) is 10.0 Å². The summed E-state index contributed by atoms with van der Waals surface area (Å²) in [4.78, 5) is 16.5. The van der Waals surface area contributed by atoms with E-state index in [2.05, 4.69) is 25.3 Å². The van der Waals surface area contributed by atoms with Crippen molar-refractivity contribution in [1.82, 2.24) is 19.9 Å². The maximum atomic E-state index is 14.4. The lowest BCUT2D eigenvalue weighted by molar-refractivity contribution is 0.565. The van der Waals surface area contributed by atoms with Crippen molar-refractivity contribution in [2.24, 2.45) is 0 Å². The van der Waals surface area contributed by atoms with E-state index >= 15 is 0 Å². The first-order valence-electron chi connectivity index (χ1n) is 10.3. The quantitative estimate of drug-likeness (QED) is 0.357. The number of benzene rings is 1. The zero-order chi connectivity index (χ0) is 24.5. The maximum Gasteiger partial charge on any atom is 0.185 e. The molecular formula is C24H21ClFN5O2S. The van der Waals surface area contributed by atoms with Gasteiger partial charge in [-0.15, -0.1) is 0 Å². The monoisotopic (exact) mass is 497 g/mol. The van der Waals surface area contributed by atoms with E-state index in [4.69, 9.17) is 11.6 Å². The van der Waals surface area contributed by atoms with Gasteiger partial charge in [-0.25, -0.2) is 32.7 Å². The molecule has 4 rings (SSSR count). The Kier molecular flexibility index (Phi) is 6.58. The van der Waals surface area contributed by atoms with Crippen LogP contribution < -0.4 is 5.32 Å². The zero-order valence-electron chi connectivity index (χ0n) is 18.7. The topological polar surface area (TPSA) is 97.7 Å². The lowest BCUT2D eigenvalue weighted by Crippen LogP contribution is -2.10. The molecule has 0 saturated carbocycles. The molecule has 0 bridgehead atoms. The highest BCUT2D eigenvalue weighted by atomic mass is 35.5. The maximum absolute atomic E-state index is 14.4. The molecule has 174 valence electrons. The molecule has 0 unspecified atom stereocenters. The van der Waals surface area contributed by atoms with Crippen LogP contribution in [0.5, 0.6) is 0 Å². The molecule has 3 aromatic heterocycles. The third-order valence-corrected chi connectivity index (χ3v) is 7.27. The SMILES string of the molecule is Cc1ccc(S(=O)(=O)Cc2c(Cl)ncc(-c3ccnc(Nc4ccnc(C)n4)c3)c2C)c(F)c1. The summed E-state index contributed by atoms with van der Waals surface area (Å²) in [5.41, 5.74) is 3.02. The Balaban J connectivity index is 1.69. The molecule has 0 spiro atoms. The number of nitrogens with zero attached hydrogens (tertiary/aromatic N) is 4. The minimum atomic E-state index is -4.00. The Morgan fingerprint density at radius 2 is 1.74 bits per heavy atom. The second-order valence-corrected chi connectivity index (χ2v) is 10.1. The first-order valence-corrected chi connectivity index (χ1v) is 12.3. The minimum absolute atomic E-state index is 0.0567. The number of halogens is 2. The number of rotatable bonds is 6. The summed E-state index contributed by atoms with van der Waals surface area (Å²) >= 11 is 6.29. The summed E-state index contributed by atoms with van der Waals surface area (Å²) in [7, 11) is -4.00. The van der Waals surface area contributed by atoms with Crippen molar-refractivity contribution < 1.29 is 12.8 Å². The van der Waals surface area contributed by atoms with Crippen LogP contribution in [-0.4, -0.2) is 28.4 Å². The fourth-order valence-electron chi connectivity index (χ4n) is 3.52. The van der Waals surface area contributed by atoms with Gasteiger partial charge in [-0.3, -0.25) is 0 Å². The van der Waals surface area contributed by atoms with E-state index in [0.717, 1.165) is 5.56 Å². The zero-order valence-corrected chi connectivity index (χ0v) is 20.2. The average Bonchev–Trinajstić information content (AvgIpc) is 2.76. The number of aromatic nitrogens is 4. The van der Waals surface area contributed by atoms with Crippen LogP contribution in [0.15, 0.2) is 59.9 Å². The number of nitrogens with one attached hydrogen (secondary N) is 1. The summed E-state index contributed by atoms with van der Waals surface area (Å²) in [6.07, 6.45) is 4.84. The summed E-state index contributed by atoms with van der Waals surface area (Å²) in [5, 5.41) is 3.18. The number of hydrogen-bond acceptors (Lipinski definition) is 7. The highest BCUT2D eigenvalue weighted by molar-refractivity contribution is 7.90. The average molecular weight is 498 g/mol. The largest absolute Gasteiger partial charge is 0.325 e. The van der Waals surface area contributed by atoms with Crippen LogP contribution in [0.4, 0.5) is 16.0 Å². The van der Waals surface area contributed by atoms with Gasteiger partial charge >= 0.3 is 0 Å². The summed E-state index contributed by atoms with van der Waals surface area (Å²) in [6.45, 7) is 5.24. The van der Waals surface area contributed by atoms with Crippen LogP contribution in [0.25, 0.3) is 11.1 Å². The Labute approximate surface area is 202 Å². The van der Waals surface area contributed by atoms with Crippen LogP contribution in [0, 0.1) is 26.6 Å². The molecule has 0 aliphatic heterocycles. The first kappa shape index (κ1) is 23.7. The fraction of sp³-hybridized carbons (Fsp3) is 0.167. The Morgan fingerprint density at radius 3 is 2.47 bits per heavy atom. The minimum Gasteiger partial charge on any atom is -0.325 e. The molecule has 1 N–H and O–H groups in total. The van der Waals surface area contributed by atoms with E-state index in [1.54, 1.807) is 63.6 Å². The molecule has 4 aromatic rings. The van der Waals surface area contributed by atoms with Gasteiger partial charge in [0.25, 0.3) is 0 Å². The molecule has 0 amide bonds. The van der Waals surface area contributed by atoms with Crippen LogP contribution in [0.3, 0.4) is 0 Å². The van der Waals surface area contributed by atoms with Gasteiger partial charge in [0, 0.05) is 29.7 Å². The van der Waals surface area contributed by atoms with Gasteiger partial charge < -0.3 is 5.32 Å². The Hall–Kier alpha value is -3.43. The van der Waals surface area contributed by atoms with E-state index in [0.29, 0.717) is 39.7 Å². The summed E-state index contributed by atoms with van der Waals surface area (Å²) in [6, 6.07) is 9.34. The van der Waals surface area contributed by atoms with E-state index in [1.807, 2.05) is 0 Å². The summed E-state index contributed by atoms with van der Waals surface area (Å²) in [5.74, 6) is 0.489. The third-order valence-electron chi connectivity index (χ3n) is 5.27. The smallest absolute Gasteiger partial charge is 0.185 e. The van der Waals surface area contributed by atoms with Crippen molar-refractivity contribution in [3.8, 4) is 11.1 Å². The van der Waals surface area contributed by atoms with Crippen molar-refractivity contribution in [3.05, 3.63) is 88.5 Å². The molecule has 1 aromatic carbocycles. The fourth-order valence-corrected chi connectivity index (χ4v) is 5.38. The van der Waals surface area contributed by atoms with Crippen molar-refractivity contribution >= 4 is 33.1 Å². The van der Waals surface area contributed by atoms with Gasteiger partial charge in [0.2, 0.25) is 0 Å². The van der Waals surface area contributed by atoms with Gasteiger partial charge in [-0.1, -0.05) is 17.7 Å². The predicted molar refractivity (Wildman–Crippen MR) is 129 cm³/mol. The number of pyridine rings is 2. The van der Waals surface area contributed by atoms with E-state index < -0.39 is 21.4 Å². The van der Waals surface area contributed by atoms with Crippen LogP contribution in [0.2, 0.25) is 5.15 Å². The van der Waals surface area contributed by atoms with Crippen molar-refractivity contribution in [2.75, 3.05) is 5.32 Å². The van der Waals surface area contributed by atoms with E-state index in [1.165, 1.54) is 12.1 Å². The second-order valence-electron chi connectivity index (χ2n) is 7.80. The number of anilines is 2. The number of sulfone groups is 1. The third kappa shape index (κ3) is 5.05. The van der Waals surface area contributed by atoms with E-state index in [9.17, 15) is 12.8 Å². The lowest BCUT2D eigenvalue weighted by Gasteiger charge is -2.14. The van der Waals surface area contributed by atoms with Crippen molar-refractivity contribution in [2.45, 2.75) is 31.4 Å². The Bertz CT molecular complexity index is 1490. The molecule has 0 radical (unpaired) electrons. The molecule has 0 saturated heterocycles. The van der Waals surface area contributed by atoms with Gasteiger partial charge in [0.15, 0.2) is 9.84 Å². The summed E-state index contributed by atoms with van der Waals surface area (Å²) < 4.78 is 40.4. The van der Waals surface area contributed by atoms with Crippen LogP contribution >= 0.6 is 11.6 Å². The normalized spacial score (nSPS) is 11.4. The highest BCUT2D eigenvalue weighted by Gasteiger charge is 2.24. The second kappa shape index (κ2) is 9.44. The van der Waals surface area contributed by atoms with Gasteiger partial charge in [0.05, 0.1) is 5.75 Å². The van der Waals surface area contributed by atoms with Crippen LogP contribution in [-0.2, 0) is 15.6 Å². The van der Waals surface area contributed by atoms with Gasteiger partial charge in [-0.05, 0) is 67.8 Å². The molecule has 0 atom stereocenters. The predicted octanol–water partition coefficient (Wildman–Crippen LogP) is 5.37. The molecule has 0 aliphatic carbocycles. The van der Waals surface area contributed by atoms with Crippen molar-refractivity contribution in [3.63, 3.8) is 0 Å². The molecule has 0 aliphatic rings. The lowest BCUT2D eigenvalue weighted by atomic mass is 10.0. The number of hydrogen-bond donors (Lipinski definition) is 1. The highest BCUT2D eigenvalue weighted by Crippen LogP contribution is 2.32. The van der Waals surface area contributed by atoms with Gasteiger partial charge in [-0.2, -0.15) is 0 Å². The molecule has 0 fully saturated rings. The molecule has 3 heterocycles. The van der Waals surface area contributed by atoms with Crippen molar-refractivity contribution in [1.29, 1.82) is 0 Å². The number of aryl methyl sites for hydroxylation is 2. The first-order chi connectivity index (χ1) is 16.1. The standard InChI is InChI=1S/C24H21ClFN5O2S/c1-14-4-5-21(20(26)10-14)34(32,33)13-19-15(2)18(12-29-24(19)25)17-6-8-28-23(11-17)31-22-7-9-27-16(3)30-22/h4-12H,13H2,1-3H3,(H,27,28,30,31).